The zero-order valence-electron chi connectivity index (χ0n) is 17.6. The third-order valence-corrected chi connectivity index (χ3v) is 5.11. The predicted molar refractivity (Wildman–Crippen MR) is 106 cm³/mol. The standard InChI is InChI=1S/C20H33N3O4/c1-14-12-22(13-15(2)23(14)9-8-21(3)4)20(24)16-10-17(25-5)19(27-7)18(11-16)26-6/h10-11,14-15H,8-9,12-13H2,1-7H3. The van der Waals surface area contributed by atoms with Crippen LogP contribution in [-0.2, 0) is 0 Å². The van der Waals surface area contributed by atoms with Gasteiger partial charge in [-0.15, -0.1) is 0 Å². The quantitative estimate of drug-likeness (QED) is 0.720. The summed E-state index contributed by atoms with van der Waals surface area (Å²) in [6.45, 7) is 7.78. The summed E-state index contributed by atoms with van der Waals surface area (Å²) in [5.41, 5.74) is 0.547. The number of rotatable bonds is 7. The number of hydrogen-bond acceptors (Lipinski definition) is 6. The number of likely N-dealkylation sites (N-methyl/N-ethyl adjacent to an activating group) is 1. The molecule has 0 saturated carbocycles. The minimum absolute atomic E-state index is 0.0137. The van der Waals surface area contributed by atoms with Crippen LogP contribution in [0.5, 0.6) is 17.2 Å². The van der Waals surface area contributed by atoms with Gasteiger partial charge >= 0.3 is 0 Å². The molecular formula is C20H33N3O4. The van der Waals surface area contributed by atoms with Crippen LogP contribution in [0.15, 0.2) is 12.1 Å². The van der Waals surface area contributed by atoms with E-state index in [-0.39, 0.29) is 5.91 Å². The molecule has 1 aliphatic heterocycles. The monoisotopic (exact) mass is 379 g/mol. The van der Waals surface area contributed by atoms with E-state index < -0.39 is 0 Å². The van der Waals surface area contributed by atoms with Crippen LogP contribution in [-0.4, -0.2) is 94.3 Å². The Balaban J connectivity index is 2.19. The molecule has 1 heterocycles. The topological polar surface area (TPSA) is 54.5 Å². The van der Waals surface area contributed by atoms with E-state index in [9.17, 15) is 4.79 Å². The van der Waals surface area contributed by atoms with E-state index in [4.69, 9.17) is 14.2 Å². The summed E-state index contributed by atoms with van der Waals surface area (Å²) in [5, 5.41) is 0. The van der Waals surface area contributed by atoms with Gasteiger partial charge < -0.3 is 24.0 Å². The Kier molecular flexibility index (Phi) is 7.33. The Hall–Kier alpha value is -1.99. The maximum absolute atomic E-state index is 13.1. The van der Waals surface area contributed by atoms with Gasteiger partial charge in [0.05, 0.1) is 21.3 Å². The van der Waals surface area contributed by atoms with Crippen molar-refractivity contribution in [3.05, 3.63) is 17.7 Å². The van der Waals surface area contributed by atoms with Crippen molar-refractivity contribution in [2.45, 2.75) is 25.9 Å². The van der Waals surface area contributed by atoms with Crippen molar-refractivity contribution >= 4 is 5.91 Å². The van der Waals surface area contributed by atoms with Crippen LogP contribution in [0.4, 0.5) is 0 Å². The second-order valence-corrected chi connectivity index (χ2v) is 7.36. The second-order valence-electron chi connectivity index (χ2n) is 7.36. The van der Waals surface area contributed by atoms with Crippen LogP contribution < -0.4 is 14.2 Å². The molecule has 0 aromatic heterocycles. The van der Waals surface area contributed by atoms with E-state index >= 15 is 0 Å². The van der Waals surface area contributed by atoms with Crippen LogP contribution in [0.1, 0.15) is 24.2 Å². The van der Waals surface area contributed by atoms with Crippen molar-refractivity contribution in [1.82, 2.24) is 14.7 Å². The lowest BCUT2D eigenvalue weighted by atomic mass is 10.1. The minimum atomic E-state index is -0.0137. The number of ether oxygens (including phenoxy) is 3. The summed E-state index contributed by atoms with van der Waals surface area (Å²) in [4.78, 5) is 19.7. The molecule has 0 radical (unpaired) electrons. The third kappa shape index (κ3) is 4.84. The second kappa shape index (κ2) is 9.28. The number of carbonyl (C=O) groups excluding carboxylic acids is 1. The Bertz CT molecular complexity index is 613. The van der Waals surface area contributed by atoms with Crippen molar-refractivity contribution in [3.8, 4) is 17.2 Å². The van der Waals surface area contributed by atoms with Gasteiger partial charge in [-0.2, -0.15) is 0 Å². The van der Waals surface area contributed by atoms with Crippen molar-refractivity contribution in [2.24, 2.45) is 0 Å². The Labute approximate surface area is 162 Å². The zero-order chi connectivity index (χ0) is 20.1. The molecule has 2 unspecified atom stereocenters. The summed E-state index contributed by atoms with van der Waals surface area (Å²) in [6.07, 6.45) is 0. The van der Waals surface area contributed by atoms with Gasteiger partial charge in [0.2, 0.25) is 5.75 Å². The highest BCUT2D eigenvalue weighted by Gasteiger charge is 2.32. The molecule has 1 aromatic rings. The van der Waals surface area contributed by atoms with E-state index in [1.54, 1.807) is 33.5 Å². The number of methoxy groups -OCH3 is 3. The van der Waals surface area contributed by atoms with Gasteiger partial charge in [0.25, 0.3) is 5.91 Å². The molecule has 2 atom stereocenters. The molecule has 1 aliphatic rings. The van der Waals surface area contributed by atoms with Gasteiger partial charge in [0, 0.05) is 43.8 Å². The smallest absolute Gasteiger partial charge is 0.254 e. The molecule has 0 spiro atoms. The number of nitrogens with zero attached hydrogens (tertiary/aromatic N) is 3. The van der Waals surface area contributed by atoms with E-state index in [2.05, 4.69) is 37.7 Å². The number of amides is 1. The summed E-state index contributed by atoms with van der Waals surface area (Å²) >= 11 is 0. The largest absolute Gasteiger partial charge is 0.493 e. The normalized spacial score (nSPS) is 20.7. The fourth-order valence-electron chi connectivity index (χ4n) is 3.67. The van der Waals surface area contributed by atoms with Gasteiger partial charge in [-0.1, -0.05) is 0 Å². The average Bonchev–Trinajstić information content (AvgIpc) is 2.64. The van der Waals surface area contributed by atoms with Crippen LogP contribution in [0.3, 0.4) is 0 Å². The van der Waals surface area contributed by atoms with Crippen LogP contribution in [0.2, 0.25) is 0 Å². The molecule has 0 N–H and O–H groups in total. The Morgan fingerprint density at radius 3 is 1.96 bits per heavy atom. The first-order chi connectivity index (χ1) is 12.8. The first-order valence-electron chi connectivity index (χ1n) is 9.32. The molecule has 7 heteroatoms. The first-order valence-corrected chi connectivity index (χ1v) is 9.32. The lowest BCUT2D eigenvalue weighted by Gasteiger charge is -2.44. The van der Waals surface area contributed by atoms with Crippen LogP contribution in [0, 0.1) is 0 Å². The van der Waals surface area contributed by atoms with E-state index in [1.807, 2.05) is 4.90 Å². The number of hydrogen-bond donors (Lipinski definition) is 0. The summed E-state index contributed by atoms with van der Waals surface area (Å²) in [6, 6.07) is 4.05. The Morgan fingerprint density at radius 1 is 1.04 bits per heavy atom. The number of benzene rings is 1. The van der Waals surface area contributed by atoms with E-state index in [0.29, 0.717) is 48.0 Å². The fourth-order valence-corrected chi connectivity index (χ4v) is 3.67. The van der Waals surface area contributed by atoms with Gasteiger partial charge in [0.1, 0.15) is 0 Å². The molecule has 0 bridgehead atoms. The number of carbonyl (C=O) groups is 1. The maximum Gasteiger partial charge on any atom is 0.254 e. The molecule has 2 rings (SSSR count). The predicted octanol–water partition coefficient (Wildman–Crippen LogP) is 1.81. The average molecular weight is 380 g/mol. The Morgan fingerprint density at radius 2 is 1.56 bits per heavy atom. The molecule has 1 saturated heterocycles. The molecule has 152 valence electrons. The molecule has 0 aliphatic carbocycles. The van der Waals surface area contributed by atoms with Gasteiger partial charge in [-0.3, -0.25) is 9.69 Å². The molecular weight excluding hydrogens is 346 g/mol. The highest BCUT2D eigenvalue weighted by molar-refractivity contribution is 5.95. The highest BCUT2D eigenvalue weighted by Crippen LogP contribution is 2.38. The minimum Gasteiger partial charge on any atom is -0.493 e. The van der Waals surface area contributed by atoms with Gasteiger partial charge in [-0.25, -0.2) is 0 Å². The van der Waals surface area contributed by atoms with Crippen molar-refractivity contribution in [2.75, 3.05) is 61.6 Å². The van der Waals surface area contributed by atoms with Crippen molar-refractivity contribution < 1.29 is 19.0 Å². The number of piperazine rings is 1. The van der Waals surface area contributed by atoms with Gasteiger partial charge in [-0.05, 0) is 40.1 Å². The summed E-state index contributed by atoms with van der Waals surface area (Å²) < 4.78 is 16.1. The summed E-state index contributed by atoms with van der Waals surface area (Å²) in [5.74, 6) is 1.46. The van der Waals surface area contributed by atoms with Crippen molar-refractivity contribution in [1.29, 1.82) is 0 Å². The fraction of sp³-hybridized carbons (Fsp3) is 0.650. The molecule has 7 nitrogen and oxygen atoms in total. The molecule has 27 heavy (non-hydrogen) atoms. The first kappa shape index (κ1) is 21.3. The zero-order valence-corrected chi connectivity index (χ0v) is 17.6. The maximum atomic E-state index is 13.1. The van der Waals surface area contributed by atoms with Gasteiger partial charge in [0.15, 0.2) is 11.5 Å². The summed E-state index contributed by atoms with van der Waals surface area (Å²) in [7, 11) is 8.83. The van der Waals surface area contributed by atoms with E-state index in [1.165, 1.54) is 0 Å². The van der Waals surface area contributed by atoms with Crippen LogP contribution >= 0.6 is 0 Å². The van der Waals surface area contributed by atoms with E-state index in [0.717, 1.165) is 13.1 Å². The molecule has 1 fully saturated rings. The van der Waals surface area contributed by atoms with Crippen LogP contribution in [0.25, 0.3) is 0 Å². The highest BCUT2D eigenvalue weighted by atomic mass is 16.5. The lowest BCUT2D eigenvalue weighted by molar-refractivity contribution is 0.0282. The molecule has 1 amide bonds. The van der Waals surface area contributed by atoms with Crippen molar-refractivity contribution in [3.63, 3.8) is 0 Å². The lowest BCUT2D eigenvalue weighted by Crippen LogP contribution is -2.59. The molecule has 1 aromatic carbocycles. The third-order valence-electron chi connectivity index (χ3n) is 5.11. The SMILES string of the molecule is COc1cc(C(=O)N2CC(C)N(CCN(C)C)C(C)C2)cc(OC)c1OC.